The molecule has 0 unspecified atom stereocenters. The van der Waals surface area contributed by atoms with Crippen LogP contribution in [0.2, 0.25) is 0 Å². The molecule has 0 N–H and O–H groups in total. The summed E-state index contributed by atoms with van der Waals surface area (Å²) in [6.45, 7) is 5.83. The topological polar surface area (TPSA) is 58.6 Å². The van der Waals surface area contributed by atoms with Gasteiger partial charge in [-0.2, -0.15) is 4.98 Å². The second-order valence-corrected chi connectivity index (χ2v) is 5.94. The van der Waals surface area contributed by atoms with Crippen LogP contribution >= 0.6 is 0 Å². The third kappa shape index (κ3) is 3.15. The summed E-state index contributed by atoms with van der Waals surface area (Å²) in [5.74, 6) is 1.54. The molecule has 1 aliphatic carbocycles. The number of fused-ring (bicyclic) bond motifs is 1. The normalized spacial score (nSPS) is 18.0. The van der Waals surface area contributed by atoms with Gasteiger partial charge in [-0.25, -0.2) is 4.98 Å². The predicted molar refractivity (Wildman–Crippen MR) is 84.3 cm³/mol. The van der Waals surface area contributed by atoms with Gasteiger partial charge in [0, 0.05) is 31.7 Å². The number of ether oxygens (including phenoxy) is 1. The first-order chi connectivity index (χ1) is 10.8. The maximum Gasteiger partial charge on any atom is 0.229 e. The molecule has 22 heavy (non-hydrogen) atoms. The predicted octanol–water partition coefficient (Wildman–Crippen LogP) is 1.42. The Morgan fingerprint density at radius 1 is 1.14 bits per heavy atom. The van der Waals surface area contributed by atoms with Gasteiger partial charge >= 0.3 is 0 Å². The van der Waals surface area contributed by atoms with E-state index < -0.39 is 0 Å². The zero-order valence-corrected chi connectivity index (χ0v) is 13.3. The Kier molecular flexibility index (Phi) is 4.75. The lowest BCUT2D eigenvalue weighted by Crippen LogP contribution is -2.46. The summed E-state index contributed by atoms with van der Waals surface area (Å²) >= 11 is 0. The fourth-order valence-corrected chi connectivity index (χ4v) is 3.03. The molecule has 0 atom stereocenters. The number of nitrogens with zero attached hydrogens (tertiary/aromatic N) is 4. The fraction of sp³-hybridized carbons (Fsp3) is 0.688. The van der Waals surface area contributed by atoms with Crippen molar-refractivity contribution in [2.24, 2.45) is 0 Å². The molecular formula is C16H24N4O2. The first-order valence-corrected chi connectivity index (χ1v) is 8.28. The van der Waals surface area contributed by atoms with Gasteiger partial charge < -0.3 is 14.5 Å². The van der Waals surface area contributed by atoms with E-state index in [0.717, 1.165) is 69.4 Å². The summed E-state index contributed by atoms with van der Waals surface area (Å²) in [7, 11) is 0. The largest absolute Gasteiger partial charge is 0.477 e. The van der Waals surface area contributed by atoms with Gasteiger partial charge in [-0.05, 0) is 32.1 Å². The fourth-order valence-electron chi connectivity index (χ4n) is 3.03. The van der Waals surface area contributed by atoms with Gasteiger partial charge in [-0.15, -0.1) is 0 Å². The molecular weight excluding hydrogens is 280 g/mol. The highest BCUT2D eigenvalue weighted by atomic mass is 16.5. The molecule has 1 aromatic rings. The van der Waals surface area contributed by atoms with Gasteiger partial charge in [-0.1, -0.05) is 6.92 Å². The van der Waals surface area contributed by atoms with Crippen LogP contribution in [0.4, 0.5) is 5.95 Å². The molecule has 1 aromatic heterocycles. The minimum Gasteiger partial charge on any atom is -0.477 e. The van der Waals surface area contributed by atoms with Crippen molar-refractivity contribution in [2.75, 3.05) is 37.7 Å². The molecule has 6 nitrogen and oxygen atoms in total. The molecule has 2 heterocycles. The van der Waals surface area contributed by atoms with Gasteiger partial charge in [0.05, 0.1) is 12.3 Å². The lowest BCUT2D eigenvalue weighted by atomic mass is 9.97. The maximum absolute atomic E-state index is 10.8. The summed E-state index contributed by atoms with van der Waals surface area (Å²) < 4.78 is 5.88. The van der Waals surface area contributed by atoms with Crippen LogP contribution in [0.5, 0.6) is 5.88 Å². The van der Waals surface area contributed by atoms with Crippen LogP contribution in [0.15, 0.2) is 0 Å². The minimum atomic E-state index is 0.696. The number of hydrogen-bond acceptors (Lipinski definition) is 5. The Balaban J connectivity index is 1.83. The Morgan fingerprint density at radius 2 is 1.91 bits per heavy atom. The molecule has 120 valence electrons. The zero-order valence-electron chi connectivity index (χ0n) is 13.3. The molecule has 1 aliphatic heterocycles. The van der Waals surface area contributed by atoms with Crippen LogP contribution in [0, 0.1) is 0 Å². The number of amides is 1. The number of hydrogen-bond donors (Lipinski definition) is 0. The van der Waals surface area contributed by atoms with E-state index in [9.17, 15) is 4.79 Å². The second kappa shape index (κ2) is 6.94. The third-order valence-electron chi connectivity index (χ3n) is 4.32. The number of carbonyl (C=O) groups excluding carboxylic acids is 1. The van der Waals surface area contributed by atoms with E-state index in [-0.39, 0.29) is 0 Å². The molecule has 0 radical (unpaired) electrons. The van der Waals surface area contributed by atoms with Crippen LogP contribution < -0.4 is 9.64 Å². The van der Waals surface area contributed by atoms with Gasteiger partial charge in [0.1, 0.15) is 0 Å². The summed E-state index contributed by atoms with van der Waals surface area (Å²) in [5, 5.41) is 0. The standard InChI is InChI=1S/C16H24N4O2/c1-2-11-22-15-13-5-3-4-6-14(13)17-16(18-15)20-9-7-19(12-21)8-10-20/h12H,2-11H2,1H3. The Morgan fingerprint density at radius 3 is 2.64 bits per heavy atom. The Bertz CT molecular complexity index is 527. The average molecular weight is 304 g/mol. The highest BCUT2D eigenvalue weighted by molar-refractivity contribution is 5.49. The van der Waals surface area contributed by atoms with E-state index in [1.165, 1.54) is 18.4 Å². The van der Waals surface area contributed by atoms with Crippen molar-refractivity contribution in [1.29, 1.82) is 0 Å². The highest BCUT2D eigenvalue weighted by Crippen LogP contribution is 2.29. The van der Waals surface area contributed by atoms with E-state index in [2.05, 4.69) is 16.8 Å². The average Bonchev–Trinajstić information content (AvgIpc) is 2.59. The lowest BCUT2D eigenvalue weighted by molar-refractivity contribution is -0.118. The van der Waals surface area contributed by atoms with Crippen molar-refractivity contribution in [2.45, 2.75) is 39.0 Å². The van der Waals surface area contributed by atoms with E-state index >= 15 is 0 Å². The number of piperazine rings is 1. The highest BCUT2D eigenvalue weighted by Gasteiger charge is 2.23. The van der Waals surface area contributed by atoms with Gasteiger partial charge in [0.15, 0.2) is 0 Å². The van der Waals surface area contributed by atoms with E-state index in [0.29, 0.717) is 6.61 Å². The van der Waals surface area contributed by atoms with Crippen molar-refractivity contribution in [3.8, 4) is 5.88 Å². The number of carbonyl (C=O) groups is 1. The second-order valence-electron chi connectivity index (χ2n) is 5.94. The molecule has 1 saturated heterocycles. The number of aromatic nitrogens is 2. The summed E-state index contributed by atoms with van der Waals surface area (Å²) in [5.41, 5.74) is 2.36. The summed E-state index contributed by atoms with van der Waals surface area (Å²) in [6.07, 6.45) is 6.31. The molecule has 2 aliphatic rings. The van der Waals surface area contributed by atoms with Crippen molar-refractivity contribution < 1.29 is 9.53 Å². The monoisotopic (exact) mass is 304 g/mol. The van der Waals surface area contributed by atoms with Crippen molar-refractivity contribution >= 4 is 12.4 Å². The van der Waals surface area contributed by atoms with Crippen LogP contribution in [0.1, 0.15) is 37.4 Å². The van der Waals surface area contributed by atoms with E-state index in [1.54, 1.807) is 4.90 Å². The van der Waals surface area contributed by atoms with Gasteiger partial charge in [-0.3, -0.25) is 4.79 Å². The van der Waals surface area contributed by atoms with Crippen LogP contribution in [-0.2, 0) is 17.6 Å². The molecule has 0 saturated carbocycles. The minimum absolute atomic E-state index is 0.696. The molecule has 0 bridgehead atoms. The van der Waals surface area contributed by atoms with Crippen LogP contribution in [-0.4, -0.2) is 54.1 Å². The van der Waals surface area contributed by atoms with Gasteiger partial charge in [0.25, 0.3) is 0 Å². The zero-order chi connectivity index (χ0) is 15.4. The quantitative estimate of drug-likeness (QED) is 0.770. The molecule has 1 fully saturated rings. The molecule has 6 heteroatoms. The van der Waals surface area contributed by atoms with Crippen LogP contribution in [0.25, 0.3) is 0 Å². The number of aryl methyl sites for hydroxylation is 1. The van der Waals surface area contributed by atoms with Gasteiger partial charge in [0.2, 0.25) is 18.2 Å². The third-order valence-corrected chi connectivity index (χ3v) is 4.32. The van der Waals surface area contributed by atoms with Crippen LogP contribution in [0.3, 0.4) is 0 Å². The first-order valence-electron chi connectivity index (χ1n) is 8.28. The number of anilines is 1. The summed E-state index contributed by atoms with van der Waals surface area (Å²) in [4.78, 5) is 24.2. The Labute approximate surface area is 131 Å². The van der Waals surface area contributed by atoms with Crippen molar-refractivity contribution in [1.82, 2.24) is 14.9 Å². The molecule has 0 spiro atoms. The number of rotatable bonds is 5. The SMILES string of the molecule is CCCOc1nc(N2CCN(C=O)CC2)nc2c1CCCC2. The maximum atomic E-state index is 10.8. The first kappa shape index (κ1) is 15.1. The Hall–Kier alpha value is -1.85. The van der Waals surface area contributed by atoms with E-state index in [4.69, 9.17) is 9.72 Å². The smallest absolute Gasteiger partial charge is 0.229 e. The van der Waals surface area contributed by atoms with E-state index in [1.807, 2.05) is 0 Å². The summed E-state index contributed by atoms with van der Waals surface area (Å²) in [6, 6.07) is 0. The van der Waals surface area contributed by atoms with Crippen molar-refractivity contribution in [3.05, 3.63) is 11.3 Å². The molecule has 3 rings (SSSR count). The van der Waals surface area contributed by atoms with Crippen molar-refractivity contribution in [3.63, 3.8) is 0 Å². The lowest BCUT2D eigenvalue weighted by Gasteiger charge is -2.33. The molecule has 1 amide bonds. The molecule has 0 aromatic carbocycles.